The van der Waals surface area contributed by atoms with E-state index in [1.54, 1.807) is 0 Å². The van der Waals surface area contributed by atoms with E-state index in [9.17, 15) is 25.0 Å². The topological polar surface area (TPSA) is 151 Å². The molecule has 0 heterocycles. The van der Waals surface area contributed by atoms with Crippen LogP contribution in [0.2, 0.25) is 0 Å². The van der Waals surface area contributed by atoms with Crippen molar-refractivity contribution >= 4 is 23.0 Å². The van der Waals surface area contributed by atoms with Crippen molar-refractivity contribution in [1.29, 1.82) is 0 Å². The Morgan fingerprint density at radius 2 is 1.81 bits per heavy atom. The normalized spacial score (nSPS) is 11.5. The molecule has 0 aromatic heterocycles. The molecule has 1 amide bonds. The largest absolute Gasteiger partial charge is 0.374 e. The van der Waals surface area contributed by atoms with Gasteiger partial charge in [0.1, 0.15) is 11.7 Å². The van der Waals surface area contributed by atoms with Crippen molar-refractivity contribution in [2.75, 3.05) is 11.9 Å². The Hall–Kier alpha value is -3.53. The van der Waals surface area contributed by atoms with Crippen molar-refractivity contribution in [3.63, 3.8) is 0 Å². The highest BCUT2D eigenvalue weighted by atomic mass is 16.6. The molecule has 0 aliphatic rings. The predicted molar refractivity (Wildman–Crippen MR) is 92.5 cm³/mol. The SMILES string of the molecule is NC(=O)[C@@H](COCc1ccccc1)Nc1ccc([N+](=O)[O-])cc1[N+](=O)[O-]. The van der Waals surface area contributed by atoms with Crippen molar-refractivity contribution in [3.8, 4) is 0 Å². The van der Waals surface area contributed by atoms with Gasteiger partial charge in [-0.05, 0) is 11.6 Å². The van der Waals surface area contributed by atoms with Gasteiger partial charge in [0.25, 0.3) is 11.4 Å². The molecule has 0 unspecified atom stereocenters. The summed E-state index contributed by atoms with van der Waals surface area (Å²) in [5.41, 5.74) is 5.17. The summed E-state index contributed by atoms with van der Waals surface area (Å²) in [5, 5.41) is 24.5. The molecule has 0 saturated carbocycles. The maximum Gasteiger partial charge on any atom is 0.299 e. The minimum absolute atomic E-state index is 0.0623. The smallest absolute Gasteiger partial charge is 0.299 e. The lowest BCUT2D eigenvalue weighted by atomic mass is 10.2. The third-order valence-corrected chi connectivity index (χ3v) is 3.46. The van der Waals surface area contributed by atoms with Crippen LogP contribution >= 0.6 is 0 Å². The molecule has 2 aromatic rings. The first-order chi connectivity index (χ1) is 12.4. The zero-order valence-corrected chi connectivity index (χ0v) is 13.5. The van der Waals surface area contributed by atoms with Gasteiger partial charge in [-0.25, -0.2) is 0 Å². The third kappa shape index (κ3) is 4.98. The van der Waals surface area contributed by atoms with Crippen LogP contribution in [-0.2, 0) is 16.1 Å². The number of rotatable bonds is 9. The Morgan fingerprint density at radius 3 is 2.38 bits per heavy atom. The van der Waals surface area contributed by atoms with Crippen LogP contribution in [0.5, 0.6) is 0 Å². The second-order valence-electron chi connectivity index (χ2n) is 5.32. The predicted octanol–water partition coefficient (Wildman–Crippen LogP) is 1.99. The highest BCUT2D eigenvalue weighted by molar-refractivity contribution is 5.84. The van der Waals surface area contributed by atoms with Gasteiger partial charge in [-0.2, -0.15) is 0 Å². The molecule has 3 N–H and O–H groups in total. The Balaban J connectivity index is 2.10. The first kappa shape index (κ1) is 18.8. The summed E-state index contributed by atoms with van der Waals surface area (Å²) in [6.07, 6.45) is 0. The van der Waals surface area contributed by atoms with Gasteiger partial charge < -0.3 is 15.8 Å². The monoisotopic (exact) mass is 360 g/mol. The van der Waals surface area contributed by atoms with Crippen molar-refractivity contribution in [2.45, 2.75) is 12.6 Å². The van der Waals surface area contributed by atoms with E-state index < -0.39 is 33.2 Å². The van der Waals surface area contributed by atoms with Gasteiger partial charge in [-0.3, -0.25) is 25.0 Å². The molecule has 2 rings (SSSR count). The highest BCUT2D eigenvalue weighted by Crippen LogP contribution is 2.29. The second kappa shape index (κ2) is 8.53. The maximum atomic E-state index is 11.6. The van der Waals surface area contributed by atoms with E-state index in [0.29, 0.717) is 0 Å². The molecule has 10 nitrogen and oxygen atoms in total. The summed E-state index contributed by atoms with van der Waals surface area (Å²) in [4.78, 5) is 32.0. The van der Waals surface area contributed by atoms with E-state index in [2.05, 4.69) is 5.32 Å². The number of nitrogens with zero attached hydrogens (tertiary/aromatic N) is 2. The quantitative estimate of drug-likeness (QED) is 0.512. The van der Waals surface area contributed by atoms with E-state index in [1.165, 1.54) is 0 Å². The number of nitro benzene ring substituents is 2. The van der Waals surface area contributed by atoms with Gasteiger partial charge in [0, 0.05) is 6.07 Å². The lowest BCUT2D eigenvalue weighted by Crippen LogP contribution is -2.39. The fourth-order valence-electron chi connectivity index (χ4n) is 2.16. The van der Waals surface area contributed by atoms with Gasteiger partial charge in [0.05, 0.1) is 29.1 Å². The fraction of sp³-hybridized carbons (Fsp3) is 0.188. The van der Waals surface area contributed by atoms with Crippen LogP contribution in [0.4, 0.5) is 17.1 Å². The van der Waals surface area contributed by atoms with Crippen LogP contribution < -0.4 is 11.1 Å². The number of ether oxygens (including phenoxy) is 1. The highest BCUT2D eigenvalue weighted by Gasteiger charge is 2.23. The number of nitrogens with two attached hydrogens (primary N) is 1. The van der Waals surface area contributed by atoms with E-state index >= 15 is 0 Å². The molecule has 0 radical (unpaired) electrons. The zero-order chi connectivity index (χ0) is 19.1. The van der Waals surface area contributed by atoms with Crippen molar-refractivity contribution in [3.05, 3.63) is 74.3 Å². The molecule has 136 valence electrons. The van der Waals surface area contributed by atoms with E-state index in [0.717, 1.165) is 23.8 Å². The number of hydrogen-bond acceptors (Lipinski definition) is 7. The van der Waals surface area contributed by atoms with E-state index in [-0.39, 0.29) is 18.9 Å². The summed E-state index contributed by atoms with van der Waals surface area (Å²) in [7, 11) is 0. The van der Waals surface area contributed by atoms with Crippen molar-refractivity contribution in [1.82, 2.24) is 0 Å². The average Bonchev–Trinajstić information content (AvgIpc) is 2.61. The molecule has 2 aromatic carbocycles. The number of carbonyl (C=O) groups excluding carboxylic acids is 1. The number of benzene rings is 2. The van der Waals surface area contributed by atoms with Crippen LogP contribution in [0.3, 0.4) is 0 Å². The molecule has 10 heteroatoms. The minimum Gasteiger partial charge on any atom is -0.374 e. The average molecular weight is 360 g/mol. The van der Waals surface area contributed by atoms with Crippen LogP contribution in [-0.4, -0.2) is 28.4 Å². The molecule has 0 bridgehead atoms. The lowest BCUT2D eigenvalue weighted by Gasteiger charge is -2.17. The summed E-state index contributed by atoms with van der Waals surface area (Å²) >= 11 is 0. The van der Waals surface area contributed by atoms with Gasteiger partial charge in [-0.1, -0.05) is 30.3 Å². The number of nitrogens with one attached hydrogen (secondary N) is 1. The third-order valence-electron chi connectivity index (χ3n) is 3.46. The minimum atomic E-state index is -1.04. The van der Waals surface area contributed by atoms with Crippen molar-refractivity contribution in [2.24, 2.45) is 5.73 Å². The number of amides is 1. The number of primary amides is 1. The Bertz CT molecular complexity index is 812. The lowest BCUT2D eigenvalue weighted by molar-refractivity contribution is -0.393. The zero-order valence-electron chi connectivity index (χ0n) is 13.5. The summed E-state index contributed by atoms with van der Waals surface area (Å²) in [5.74, 6) is -0.772. The first-order valence-corrected chi connectivity index (χ1v) is 7.49. The molecule has 0 aliphatic heterocycles. The summed E-state index contributed by atoms with van der Waals surface area (Å²) in [6, 6.07) is 11.2. The molecular formula is C16H16N4O6. The molecule has 0 aliphatic carbocycles. The molecule has 26 heavy (non-hydrogen) atoms. The number of anilines is 1. The van der Waals surface area contributed by atoms with Gasteiger partial charge in [0.15, 0.2) is 0 Å². The van der Waals surface area contributed by atoms with Gasteiger partial charge >= 0.3 is 0 Å². The number of nitro groups is 2. The van der Waals surface area contributed by atoms with Crippen LogP contribution in [0.25, 0.3) is 0 Å². The number of non-ortho nitro benzene ring substituents is 1. The summed E-state index contributed by atoms with van der Waals surface area (Å²) < 4.78 is 5.44. The Kier molecular flexibility index (Phi) is 6.17. The van der Waals surface area contributed by atoms with Gasteiger partial charge in [0.2, 0.25) is 5.91 Å². The van der Waals surface area contributed by atoms with E-state index in [1.807, 2.05) is 30.3 Å². The Morgan fingerprint density at radius 1 is 1.12 bits per heavy atom. The number of carbonyl (C=O) groups is 1. The maximum absolute atomic E-state index is 11.6. The summed E-state index contributed by atoms with van der Waals surface area (Å²) in [6.45, 7) is 0.104. The van der Waals surface area contributed by atoms with Gasteiger partial charge in [-0.15, -0.1) is 0 Å². The van der Waals surface area contributed by atoms with Crippen LogP contribution in [0.1, 0.15) is 5.56 Å². The number of hydrogen-bond donors (Lipinski definition) is 2. The standard InChI is InChI=1S/C16H16N4O6/c17-16(21)14(10-26-9-11-4-2-1-3-5-11)18-13-7-6-12(19(22)23)8-15(13)20(24)25/h1-8,14,18H,9-10H2,(H2,17,21)/t14-/m1/s1. The van der Waals surface area contributed by atoms with Crippen LogP contribution in [0, 0.1) is 20.2 Å². The van der Waals surface area contributed by atoms with E-state index in [4.69, 9.17) is 10.5 Å². The molecule has 1 atom stereocenters. The van der Waals surface area contributed by atoms with Crippen molar-refractivity contribution < 1.29 is 19.4 Å². The first-order valence-electron chi connectivity index (χ1n) is 7.49. The molecule has 0 saturated heterocycles. The second-order valence-corrected chi connectivity index (χ2v) is 5.32. The molecule has 0 fully saturated rings. The molecule has 0 spiro atoms. The Labute approximate surface area is 147 Å². The van der Waals surface area contributed by atoms with Crippen LogP contribution in [0.15, 0.2) is 48.5 Å². The molecular weight excluding hydrogens is 344 g/mol. The fourth-order valence-corrected chi connectivity index (χ4v) is 2.16.